The molecule has 2 rings (SSSR count). The van der Waals surface area contributed by atoms with Gasteiger partial charge in [-0.1, -0.05) is 32.1 Å². The molecule has 0 aromatic heterocycles. The Morgan fingerprint density at radius 3 is 2.45 bits per heavy atom. The van der Waals surface area contributed by atoms with Gasteiger partial charge in [0.15, 0.2) is 0 Å². The maximum atomic E-state index is 11.9. The minimum absolute atomic E-state index is 0.0817. The Balaban J connectivity index is 1.57. The van der Waals surface area contributed by atoms with Gasteiger partial charge in [0.2, 0.25) is 5.91 Å². The molecular weight excluding hydrogens is 254 g/mol. The highest BCUT2D eigenvalue weighted by molar-refractivity contribution is 5.76. The van der Waals surface area contributed by atoms with Crippen LogP contribution in [0, 0.1) is 11.8 Å². The number of aliphatic carboxylic acids is 1. The van der Waals surface area contributed by atoms with Crippen molar-refractivity contribution in [2.45, 2.75) is 76.7 Å². The quantitative estimate of drug-likeness (QED) is 0.786. The molecule has 0 spiro atoms. The van der Waals surface area contributed by atoms with Gasteiger partial charge in [-0.2, -0.15) is 0 Å². The molecule has 114 valence electrons. The average molecular weight is 281 g/mol. The molecule has 4 heteroatoms. The molecule has 2 saturated carbocycles. The number of carbonyl (C=O) groups excluding carboxylic acids is 1. The van der Waals surface area contributed by atoms with E-state index in [0.29, 0.717) is 19.3 Å². The number of hydrogen-bond donors (Lipinski definition) is 2. The number of nitrogens with one attached hydrogen (secondary N) is 1. The summed E-state index contributed by atoms with van der Waals surface area (Å²) in [7, 11) is 0. The zero-order chi connectivity index (χ0) is 14.4. The fourth-order valence-corrected chi connectivity index (χ4v) is 3.66. The minimum atomic E-state index is -0.723. The van der Waals surface area contributed by atoms with Crippen LogP contribution in [0.2, 0.25) is 0 Å². The number of hydrogen-bond acceptors (Lipinski definition) is 2. The van der Waals surface area contributed by atoms with E-state index in [2.05, 4.69) is 5.32 Å². The summed E-state index contributed by atoms with van der Waals surface area (Å²) in [5.74, 6) is -0.0437. The zero-order valence-electron chi connectivity index (χ0n) is 12.3. The SMILES string of the molecule is O=C(CCCC1CCCCC1)N[C@@H]1CC[C@H](C(=O)O)C1. The number of carboxylic acids is 1. The zero-order valence-corrected chi connectivity index (χ0v) is 12.3. The standard InChI is InChI=1S/C16H27NO3/c18-15(8-4-7-12-5-2-1-3-6-12)17-14-10-9-13(11-14)16(19)20/h12-14H,1-11H2,(H,17,18)(H,19,20)/t13-,14+/m0/s1. The fourth-order valence-electron chi connectivity index (χ4n) is 3.66. The highest BCUT2D eigenvalue weighted by Gasteiger charge is 2.30. The van der Waals surface area contributed by atoms with Gasteiger partial charge in [0.25, 0.3) is 0 Å². The first-order chi connectivity index (χ1) is 9.65. The lowest BCUT2D eigenvalue weighted by Gasteiger charge is -2.21. The van der Waals surface area contributed by atoms with E-state index in [0.717, 1.165) is 18.8 Å². The van der Waals surface area contributed by atoms with Crippen LogP contribution in [0.25, 0.3) is 0 Å². The van der Waals surface area contributed by atoms with E-state index in [4.69, 9.17) is 5.11 Å². The second kappa shape index (κ2) is 7.65. The van der Waals surface area contributed by atoms with Crippen LogP contribution in [0.4, 0.5) is 0 Å². The van der Waals surface area contributed by atoms with Gasteiger partial charge in [-0.25, -0.2) is 0 Å². The van der Waals surface area contributed by atoms with E-state index in [9.17, 15) is 9.59 Å². The van der Waals surface area contributed by atoms with Crippen LogP contribution >= 0.6 is 0 Å². The predicted molar refractivity (Wildman–Crippen MR) is 77.3 cm³/mol. The van der Waals surface area contributed by atoms with E-state index < -0.39 is 5.97 Å². The third kappa shape index (κ3) is 4.80. The van der Waals surface area contributed by atoms with Gasteiger partial charge in [-0.3, -0.25) is 9.59 Å². The predicted octanol–water partition coefficient (Wildman–Crippen LogP) is 3.11. The summed E-state index contributed by atoms with van der Waals surface area (Å²) in [4.78, 5) is 22.7. The molecule has 0 aromatic carbocycles. The molecule has 0 heterocycles. The third-order valence-electron chi connectivity index (χ3n) is 4.89. The van der Waals surface area contributed by atoms with Crippen LogP contribution in [0.5, 0.6) is 0 Å². The summed E-state index contributed by atoms with van der Waals surface area (Å²) in [6.45, 7) is 0. The number of amides is 1. The van der Waals surface area contributed by atoms with Crippen LogP contribution in [0.1, 0.15) is 70.6 Å². The van der Waals surface area contributed by atoms with Gasteiger partial charge in [0.05, 0.1) is 5.92 Å². The normalized spacial score (nSPS) is 27.4. The van der Waals surface area contributed by atoms with Crippen LogP contribution in [-0.2, 0) is 9.59 Å². The van der Waals surface area contributed by atoms with Gasteiger partial charge in [-0.15, -0.1) is 0 Å². The van der Waals surface area contributed by atoms with E-state index in [1.165, 1.54) is 38.5 Å². The first kappa shape index (κ1) is 15.3. The summed E-state index contributed by atoms with van der Waals surface area (Å²) in [6, 6.07) is 0.0817. The second-order valence-corrected chi connectivity index (χ2v) is 6.51. The van der Waals surface area contributed by atoms with Gasteiger partial charge in [0, 0.05) is 12.5 Å². The fraction of sp³-hybridized carbons (Fsp3) is 0.875. The molecule has 0 aliphatic heterocycles. The molecule has 0 unspecified atom stereocenters. The third-order valence-corrected chi connectivity index (χ3v) is 4.89. The van der Waals surface area contributed by atoms with Crippen LogP contribution in [-0.4, -0.2) is 23.0 Å². The molecule has 0 aromatic rings. The molecule has 2 N–H and O–H groups in total. The second-order valence-electron chi connectivity index (χ2n) is 6.51. The van der Waals surface area contributed by atoms with Crippen molar-refractivity contribution in [3.63, 3.8) is 0 Å². The van der Waals surface area contributed by atoms with E-state index >= 15 is 0 Å². The molecule has 0 bridgehead atoms. The molecule has 2 aliphatic carbocycles. The molecular formula is C16H27NO3. The molecule has 4 nitrogen and oxygen atoms in total. The molecule has 20 heavy (non-hydrogen) atoms. The summed E-state index contributed by atoms with van der Waals surface area (Å²) >= 11 is 0. The minimum Gasteiger partial charge on any atom is -0.481 e. The highest BCUT2D eigenvalue weighted by atomic mass is 16.4. The summed E-state index contributed by atoms with van der Waals surface area (Å²) in [6.07, 6.45) is 11.6. The average Bonchev–Trinajstić information content (AvgIpc) is 2.88. The van der Waals surface area contributed by atoms with Gasteiger partial charge in [-0.05, 0) is 38.0 Å². The molecule has 2 aliphatic rings. The van der Waals surface area contributed by atoms with Crippen molar-refractivity contribution < 1.29 is 14.7 Å². The largest absolute Gasteiger partial charge is 0.481 e. The Hall–Kier alpha value is -1.06. The Morgan fingerprint density at radius 1 is 1.05 bits per heavy atom. The monoisotopic (exact) mass is 281 g/mol. The maximum Gasteiger partial charge on any atom is 0.306 e. The maximum absolute atomic E-state index is 11.9. The van der Waals surface area contributed by atoms with Crippen molar-refractivity contribution in [1.82, 2.24) is 5.32 Å². The van der Waals surface area contributed by atoms with Gasteiger partial charge in [0.1, 0.15) is 0 Å². The molecule has 1 amide bonds. The number of carboxylic acid groups (broad SMARTS) is 1. The topological polar surface area (TPSA) is 66.4 Å². The smallest absolute Gasteiger partial charge is 0.306 e. The van der Waals surface area contributed by atoms with E-state index in [-0.39, 0.29) is 17.9 Å². The number of rotatable bonds is 6. The molecule has 2 atom stereocenters. The lowest BCUT2D eigenvalue weighted by molar-refractivity contribution is -0.141. The Labute approximate surface area is 121 Å². The Morgan fingerprint density at radius 2 is 1.80 bits per heavy atom. The highest BCUT2D eigenvalue weighted by Crippen LogP contribution is 2.28. The molecule has 2 fully saturated rings. The summed E-state index contributed by atoms with van der Waals surface area (Å²) in [5, 5.41) is 11.9. The lowest BCUT2D eigenvalue weighted by Crippen LogP contribution is -2.33. The van der Waals surface area contributed by atoms with Crippen molar-refractivity contribution in [2.24, 2.45) is 11.8 Å². The van der Waals surface area contributed by atoms with Gasteiger partial charge >= 0.3 is 5.97 Å². The van der Waals surface area contributed by atoms with E-state index in [1.54, 1.807) is 0 Å². The lowest BCUT2D eigenvalue weighted by atomic mass is 9.86. The van der Waals surface area contributed by atoms with Crippen molar-refractivity contribution in [1.29, 1.82) is 0 Å². The van der Waals surface area contributed by atoms with Crippen molar-refractivity contribution in [3.05, 3.63) is 0 Å². The van der Waals surface area contributed by atoms with E-state index in [1.807, 2.05) is 0 Å². The Kier molecular flexibility index (Phi) is 5.86. The first-order valence-corrected chi connectivity index (χ1v) is 8.17. The molecule has 0 saturated heterocycles. The van der Waals surface area contributed by atoms with Crippen LogP contribution in [0.3, 0.4) is 0 Å². The molecule has 0 radical (unpaired) electrons. The summed E-state index contributed by atoms with van der Waals surface area (Å²) < 4.78 is 0. The van der Waals surface area contributed by atoms with Crippen molar-refractivity contribution in [3.8, 4) is 0 Å². The van der Waals surface area contributed by atoms with Crippen LogP contribution in [0.15, 0.2) is 0 Å². The van der Waals surface area contributed by atoms with Gasteiger partial charge < -0.3 is 10.4 Å². The summed E-state index contributed by atoms with van der Waals surface area (Å²) in [5.41, 5.74) is 0. The number of carbonyl (C=O) groups is 2. The first-order valence-electron chi connectivity index (χ1n) is 8.17. The van der Waals surface area contributed by atoms with Crippen LogP contribution < -0.4 is 5.32 Å². The van der Waals surface area contributed by atoms with Crippen molar-refractivity contribution in [2.75, 3.05) is 0 Å². The Bertz CT molecular complexity index is 337. The van der Waals surface area contributed by atoms with Crippen molar-refractivity contribution >= 4 is 11.9 Å².